The fraction of sp³-hybridized carbons (Fsp3) is 0.211. The Hall–Kier alpha value is -6.36. The predicted octanol–water partition coefficient (Wildman–Crippen LogP) is 7.67. The second kappa shape index (κ2) is 16.4. The van der Waals surface area contributed by atoms with Gasteiger partial charge in [-0.25, -0.2) is 10.4 Å². The smallest absolute Gasteiger partial charge is 0.266 e. The fourth-order valence-corrected chi connectivity index (χ4v) is 6.16. The molecule has 13 heteroatoms. The first-order chi connectivity index (χ1) is 25.1. The monoisotopic (exact) mass is 681 g/mol. The molecule has 0 saturated heterocycles. The molecule has 0 bridgehead atoms. The number of amides is 1. The number of aliphatic hydroxyl groups is 1. The number of hydrogen-bond acceptors (Lipinski definition) is 8. The van der Waals surface area contributed by atoms with Crippen LogP contribution in [0.1, 0.15) is 40.3 Å². The lowest BCUT2D eigenvalue weighted by Gasteiger charge is -2.32. The first kappa shape index (κ1) is 34.5. The van der Waals surface area contributed by atoms with Gasteiger partial charge in [0, 0.05) is 52.6 Å². The maximum Gasteiger partial charge on any atom is 0.266 e. The second-order valence-corrected chi connectivity index (χ2v) is 11.8. The molecule has 1 aliphatic rings. The molecule has 0 aromatic heterocycles. The zero-order chi connectivity index (χ0) is 35.5. The number of hydrogen-bond donors (Lipinski definition) is 3. The van der Waals surface area contributed by atoms with Gasteiger partial charge < -0.3 is 14.6 Å². The van der Waals surface area contributed by atoms with E-state index in [1.54, 1.807) is 48.5 Å². The van der Waals surface area contributed by atoms with E-state index in [1.165, 1.54) is 0 Å². The van der Waals surface area contributed by atoms with Gasteiger partial charge >= 0.3 is 0 Å². The lowest BCUT2D eigenvalue weighted by Crippen LogP contribution is -2.53. The van der Waals surface area contributed by atoms with Crippen LogP contribution in [0.3, 0.4) is 0 Å². The standard InChI is InChI=1S/C38H35N9O4/c39-46-42-24-29-11-2-1-10-28(29)23-38(37(49)45-41-25-30-13-7-12-26-9-3-4-14-32(26)30)35(33-15-5-6-16-34(33)44-47-40)51-36(43-38)27-17-19-31(20-18-27)50-22-8-21-48/h1-7,9-20,35,41,48H,8,21-25H2,(H,45,49)/t35-,38-/m0/s1. The highest BCUT2D eigenvalue weighted by atomic mass is 16.5. The summed E-state index contributed by atoms with van der Waals surface area (Å²) in [5.41, 5.74) is 26.7. The average Bonchev–Trinajstić information content (AvgIpc) is 3.55. The summed E-state index contributed by atoms with van der Waals surface area (Å²) in [6.07, 6.45) is -0.494. The molecule has 1 aliphatic heterocycles. The predicted molar refractivity (Wildman–Crippen MR) is 194 cm³/mol. The summed E-state index contributed by atoms with van der Waals surface area (Å²) in [4.78, 5) is 25.8. The number of benzene rings is 5. The van der Waals surface area contributed by atoms with Crippen LogP contribution in [0, 0.1) is 0 Å². The number of ether oxygens (including phenoxy) is 2. The number of nitrogens with one attached hydrogen (secondary N) is 2. The van der Waals surface area contributed by atoms with E-state index in [1.807, 2.05) is 66.7 Å². The fourth-order valence-electron chi connectivity index (χ4n) is 6.16. The van der Waals surface area contributed by atoms with Crippen LogP contribution in [0.4, 0.5) is 5.69 Å². The first-order valence-electron chi connectivity index (χ1n) is 16.4. The molecule has 0 radical (unpaired) electrons. The SMILES string of the molecule is [N-]=[N+]=NCc1ccccc1C[C@]1(C(=O)NNCc2cccc3ccccc23)N=C(c2ccc(OCCCO)cc2)O[C@H]1c1ccccc1N=[N+]=[N-]. The van der Waals surface area contributed by atoms with E-state index in [0.717, 1.165) is 27.5 Å². The van der Waals surface area contributed by atoms with Crippen molar-refractivity contribution in [3.8, 4) is 5.75 Å². The molecule has 1 amide bonds. The Bertz CT molecular complexity index is 2140. The minimum atomic E-state index is -1.63. The Morgan fingerprint density at radius 3 is 2.41 bits per heavy atom. The highest BCUT2D eigenvalue weighted by Crippen LogP contribution is 2.45. The topological polar surface area (TPSA) is 190 Å². The zero-order valence-corrected chi connectivity index (χ0v) is 27.6. The normalized spacial score (nSPS) is 16.3. The van der Waals surface area contributed by atoms with Crippen molar-refractivity contribution in [1.82, 2.24) is 10.9 Å². The van der Waals surface area contributed by atoms with Crippen LogP contribution in [0.25, 0.3) is 31.7 Å². The lowest BCUT2D eigenvalue weighted by molar-refractivity contribution is -0.130. The van der Waals surface area contributed by atoms with Crippen LogP contribution >= 0.6 is 0 Å². The summed E-state index contributed by atoms with van der Waals surface area (Å²) >= 11 is 0. The number of aliphatic imine (C=N–C) groups is 1. The summed E-state index contributed by atoms with van der Waals surface area (Å²) in [7, 11) is 0. The van der Waals surface area contributed by atoms with Crippen molar-refractivity contribution in [2.45, 2.75) is 37.6 Å². The number of aliphatic hydroxyl groups excluding tert-OH is 1. The molecule has 0 saturated carbocycles. The van der Waals surface area contributed by atoms with E-state index in [4.69, 9.17) is 25.1 Å². The summed E-state index contributed by atoms with van der Waals surface area (Å²) in [6.45, 7) is 0.773. The van der Waals surface area contributed by atoms with E-state index in [9.17, 15) is 10.3 Å². The molecule has 5 aromatic carbocycles. The summed E-state index contributed by atoms with van der Waals surface area (Å²) in [5.74, 6) is 0.320. The van der Waals surface area contributed by atoms with Crippen molar-refractivity contribution in [2.24, 2.45) is 15.2 Å². The number of nitrogens with zero attached hydrogens (tertiary/aromatic N) is 7. The zero-order valence-electron chi connectivity index (χ0n) is 27.6. The van der Waals surface area contributed by atoms with Crippen molar-refractivity contribution < 1.29 is 19.4 Å². The van der Waals surface area contributed by atoms with Gasteiger partial charge in [0.15, 0.2) is 11.6 Å². The highest BCUT2D eigenvalue weighted by Gasteiger charge is 2.54. The maximum atomic E-state index is 14.8. The van der Waals surface area contributed by atoms with Crippen LogP contribution in [0.5, 0.6) is 5.75 Å². The molecule has 0 spiro atoms. The number of azide groups is 2. The van der Waals surface area contributed by atoms with Gasteiger partial charge in [0.1, 0.15) is 5.75 Å². The minimum absolute atomic E-state index is 0.0222. The Balaban J connectivity index is 1.43. The van der Waals surface area contributed by atoms with Gasteiger partial charge in [0.25, 0.3) is 5.91 Å². The summed E-state index contributed by atoms with van der Waals surface area (Å²) in [5, 5.41) is 19.0. The molecular formula is C38H35N9O4. The van der Waals surface area contributed by atoms with Gasteiger partial charge in [0.05, 0.1) is 13.2 Å². The third-order valence-corrected chi connectivity index (χ3v) is 8.64. The third kappa shape index (κ3) is 7.78. The van der Waals surface area contributed by atoms with Crippen molar-refractivity contribution in [3.05, 3.63) is 164 Å². The van der Waals surface area contributed by atoms with Crippen LogP contribution in [-0.2, 0) is 29.0 Å². The number of rotatable bonds is 15. The van der Waals surface area contributed by atoms with Crippen molar-refractivity contribution in [1.29, 1.82) is 0 Å². The highest BCUT2D eigenvalue weighted by molar-refractivity contribution is 6.01. The second-order valence-electron chi connectivity index (χ2n) is 11.8. The molecule has 51 heavy (non-hydrogen) atoms. The van der Waals surface area contributed by atoms with E-state index in [-0.39, 0.29) is 31.2 Å². The van der Waals surface area contributed by atoms with Crippen LogP contribution in [-0.4, -0.2) is 35.7 Å². The minimum Gasteiger partial charge on any atom is -0.494 e. The quantitative estimate of drug-likeness (QED) is 0.0335. The Morgan fingerprint density at radius 2 is 1.61 bits per heavy atom. The molecule has 0 fully saturated rings. The van der Waals surface area contributed by atoms with E-state index < -0.39 is 17.6 Å². The molecule has 5 aromatic rings. The van der Waals surface area contributed by atoms with E-state index in [2.05, 4.69) is 30.9 Å². The van der Waals surface area contributed by atoms with Crippen LogP contribution in [0.2, 0.25) is 0 Å². The molecule has 1 heterocycles. The first-order valence-corrected chi connectivity index (χ1v) is 16.4. The Kier molecular flexibility index (Phi) is 11.1. The third-order valence-electron chi connectivity index (χ3n) is 8.64. The number of fused-ring (bicyclic) bond motifs is 1. The largest absolute Gasteiger partial charge is 0.494 e. The summed E-state index contributed by atoms with van der Waals surface area (Å²) in [6, 6.07) is 35.4. The van der Waals surface area contributed by atoms with E-state index in [0.29, 0.717) is 36.4 Å². The number of carbonyl (C=O) groups is 1. The van der Waals surface area contributed by atoms with Gasteiger partial charge in [-0.15, -0.1) is 0 Å². The molecule has 0 unspecified atom stereocenters. The Morgan fingerprint density at radius 1 is 0.882 bits per heavy atom. The lowest BCUT2D eigenvalue weighted by atomic mass is 9.80. The molecule has 0 aliphatic carbocycles. The maximum absolute atomic E-state index is 14.8. The molecule has 256 valence electrons. The van der Waals surface area contributed by atoms with Crippen molar-refractivity contribution in [3.63, 3.8) is 0 Å². The Labute approximate surface area is 293 Å². The van der Waals surface area contributed by atoms with Crippen molar-refractivity contribution in [2.75, 3.05) is 13.2 Å². The number of hydrazine groups is 1. The molecular weight excluding hydrogens is 646 g/mol. The van der Waals surface area contributed by atoms with Gasteiger partial charge in [-0.2, -0.15) is 0 Å². The molecule has 6 rings (SSSR count). The van der Waals surface area contributed by atoms with Gasteiger partial charge in [0.2, 0.25) is 5.90 Å². The van der Waals surface area contributed by atoms with Gasteiger partial charge in [-0.3, -0.25) is 10.2 Å². The van der Waals surface area contributed by atoms with Crippen LogP contribution in [0.15, 0.2) is 130 Å². The molecule has 13 nitrogen and oxygen atoms in total. The average molecular weight is 682 g/mol. The van der Waals surface area contributed by atoms with Gasteiger partial charge in [-0.1, -0.05) is 101 Å². The van der Waals surface area contributed by atoms with Crippen LogP contribution < -0.4 is 15.6 Å². The summed E-state index contributed by atoms with van der Waals surface area (Å²) < 4.78 is 12.3. The van der Waals surface area contributed by atoms with Crippen molar-refractivity contribution >= 4 is 28.3 Å². The number of carbonyl (C=O) groups excluding carboxylic acids is 1. The molecule has 3 N–H and O–H groups in total. The van der Waals surface area contributed by atoms with Gasteiger partial charge in [-0.05, 0) is 62.8 Å². The molecule has 2 atom stereocenters. The van der Waals surface area contributed by atoms with E-state index >= 15 is 0 Å².